The summed E-state index contributed by atoms with van der Waals surface area (Å²) in [6.45, 7) is 12.6. The van der Waals surface area contributed by atoms with Crippen molar-refractivity contribution < 1.29 is 5.11 Å². The third-order valence-electron chi connectivity index (χ3n) is 6.55. The Morgan fingerprint density at radius 1 is 1.07 bits per heavy atom. The molecular weight excluding hydrogens is 400 g/mol. The molecule has 2 saturated heterocycles. The van der Waals surface area contributed by atoms with E-state index >= 15 is 0 Å². The fourth-order valence-corrected chi connectivity index (χ4v) is 4.55. The van der Waals surface area contributed by atoms with E-state index in [1.807, 2.05) is 18.5 Å². The highest BCUT2D eigenvalue weighted by atomic mass is 35.5. The number of halogens is 1. The van der Waals surface area contributed by atoms with Crippen LogP contribution in [0.1, 0.15) is 31.0 Å². The van der Waals surface area contributed by atoms with E-state index in [1.54, 1.807) is 0 Å². The number of aromatic nitrogens is 3. The second-order valence-corrected chi connectivity index (χ2v) is 8.29. The predicted octanol–water partition coefficient (Wildman–Crippen LogP) is 2.56. The second kappa shape index (κ2) is 10.5. The van der Waals surface area contributed by atoms with Crippen LogP contribution in [0.25, 0.3) is 0 Å². The lowest BCUT2D eigenvalue weighted by Crippen LogP contribution is -2.46. The molecular formula is C22H35ClN6O. The second-order valence-electron chi connectivity index (χ2n) is 8.29. The first-order valence-electron chi connectivity index (χ1n) is 11.0. The first-order valence-corrected chi connectivity index (χ1v) is 11.0. The maximum atomic E-state index is 9.42. The Labute approximate surface area is 186 Å². The van der Waals surface area contributed by atoms with Crippen molar-refractivity contribution in [2.75, 3.05) is 55.7 Å². The number of hydrogen-bond donors (Lipinski definition) is 1. The Balaban J connectivity index is 0.00000256. The molecule has 2 aliphatic heterocycles. The Morgan fingerprint density at radius 2 is 1.80 bits per heavy atom. The number of pyridine rings is 1. The normalized spacial score (nSPS) is 18.5. The van der Waals surface area contributed by atoms with Gasteiger partial charge in [-0.25, -0.2) is 4.98 Å². The number of anilines is 2. The smallest absolute Gasteiger partial charge is 0.152 e. The van der Waals surface area contributed by atoms with Crippen molar-refractivity contribution in [1.29, 1.82) is 0 Å². The highest BCUT2D eigenvalue weighted by molar-refractivity contribution is 5.85. The molecule has 0 amide bonds. The number of aryl methyl sites for hydroxylation is 1. The largest absolute Gasteiger partial charge is 0.396 e. The number of aliphatic hydroxyl groups excluding tert-OH is 1. The van der Waals surface area contributed by atoms with Crippen molar-refractivity contribution in [2.45, 2.75) is 39.8 Å². The Bertz CT molecular complexity index is 797. The van der Waals surface area contributed by atoms with Crippen LogP contribution in [0, 0.1) is 12.8 Å². The first kappa shape index (κ1) is 22.8. The Hall–Kier alpha value is -1.83. The minimum absolute atomic E-state index is 0. The summed E-state index contributed by atoms with van der Waals surface area (Å²) >= 11 is 0. The summed E-state index contributed by atoms with van der Waals surface area (Å²) in [5, 5.41) is 13.9. The minimum atomic E-state index is 0. The molecule has 2 aromatic heterocycles. The Kier molecular flexibility index (Phi) is 7.97. The summed E-state index contributed by atoms with van der Waals surface area (Å²) in [6, 6.07) is 4.26. The van der Waals surface area contributed by atoms with Gasteiger partial charge in [-0.05, 0) is 44.7 Å². The van der Waals surface area contributed by atoms with E-state index in [4.69, 9.17) is 4.98 Å². The van der Waals surface area contributed by atoms with Crippen molar-refractivity contribution in [3.05, 3.63) is 35.8 Å². The van der Waals surface area contributed by atoms with E-state index in [-0.39, 0.29) is 12.4 Å². The maximum Gasteiger partial charge on any atom is 0.152 e. The highest BCUT2D eigenvalue weighted by Gasteiger charge is 2.25. The molecule has 0 spiro atoms. The van der Waals surface area contributed by atoms with E-state index < -0.39 is 0 Å². The van der Waals surface area contributed by atoms with Crippen LogP contribution in [0.4, 0.5) is 11.5 Å². The van der Waals surface area contributed by atoms with Gasteiger partial charge >= 0.3 is 0 Å². The number of piperidine rings is 1. The summed E-state index contributed by atoms with van der Waals surface area (Å²) in [4.78, 5) is 12.2. The number of piperazine rings is 1. The SMILES string of the molecule is CCn1ncc(CN2CCN(c3cccnc3N3CCC(CO)CC3)CC2)c1C.Cl. The van der Waals surface area contributed by atoms with E-state index in [1.165, 1.54) is 16.9 Å². The summed E-state index contributed by atoms with van der Waals surface area (Å²) in [6.07, 6.45) is 6.03. The summed E-state index contributed by atoms with van der Waals surface area (Å²) in [5.74, 6) is 1.56. The molecule has 2 fully saturated rings. The van der Waals surface area contributed by atoms with Gasteiger partial charge in [0.2, 0.25) is 0 Å². The number of aliphatic hydroxyl groups is 1. The van der Waals surface area contributed by atoms with Gasteiger partial charge < -0.3 is 14.9 Å². The molecule has 4 heterocycles. The molecule has 0 aliphatic carbocycles. The van der Waals surface area contributed by atoms with Gasteiger partial charge in [0.1, 0.15) is 0 Å². The third kappa shape index (κ3) is 4.90. The van der Waals surface area contributed by atoms with Gasteiger partial charge in [-0.2, -0.15) is 5.10 Å². The van der Waals surface area contributed by atoms with Gasteiger partial charge in [0.25, 0.3) is 0 Å². The molecule has 0 unspecified atom stereocenters. The number of rotatable bonds is 6. The minimum Gasteiger partial charge on any atom is -0.396 e. The van der Waals surface area contributed by atoms with Gasteiger partial charge in [-0.1, -0.05) is 0 Å². The lowest BCUT2D eigenvalue weighted by molar-refractivity contribution is 0.202. The van der Waals surface area contributed by atoms with E-state index in [9.17, 15) is 5.11 Å². The van der Waals surface area contributed by atoms with Gasteiger partial charge in [0, 0.05) is 76.4 Å². The molecule has 0 bridgehead atoms. The molecule has 0 saturated carbocycles. The first-order chi connectivity index (χ1) is 14.2. The molecule has 30 heavy (non-hydrogen) atoms. The van der Waals surface area contributed by atoms with Crippen LogP contribution < -0.4 is 9.80 Å². The summed E-state index contributed by atoms with van der Waals surface area (Å²) in [7, 11) is 0. The molecule has 0 atom stereocenters. The van der Waals surface area contributed by atoms with Crippen LogP contribution in [-0.2, 0) is 13.1 Å². The average Bonchev–Trinajstić information content (AvgIpc) is 3.13. The van der Waals surface area contributed by atoms with Crippen molar-refractivity contribution >= 4 is 23.9 Å². The zero-order valence-electron chi connectivity index (χ0n) is 18.2. The maximum absolute atomic E-state index is 9.42. The van der Waals surface area contributed by atoms with Gasteiger partial charge in [-0.3, -0.25) is 9.58 Å². The van der Waals surface area contributed by atoms with Crippen LogP contribution in [0.2, 0.25) is 0 Å². The number of nitrogens with zero attached hydrogens (tertiary/aromatic N) is 6. The van der Waals surface area contributed by atoms with Crippen LogP contribution in [0.3, 0.4) is 0 Å². The third-order valence-corrected chi connectivity index (χ3v) is 6.55. The molecule has 0 radical (unpaired) electrons. The molecule has 8 heteroatoms. The summed E-state index contributed by atoms with van der Waals surface area (Å²) < 4.78 is 2.08. The van der Waals surface area contributed by atoms with Gasteiger partial charge in [0.15, 0.2) is 5.82 Å². The standard InChI is InChI=1S/C22H34N6O.ClH/c1-3-28-18(2)20(15-24-28)16-25-11-13-26(14-12-25)21-5-4-8-23-22(21)27-9-6-19(17-29)7-10-27;/h4-5,8,15,19,29H,3,6-7,9-14,16-17H2,1-2H3;1H. The molecule has 2 aromatic rings. The van der Waals surface area contributed by atoms with Crippen LogP contribution in [0.5, 0.6) is 0 Å². The lowest BCUT2D eigenvalue weighted by atomic mass is 9.98. The zero-order valence-corrected chi connectivity index (χ0v) is 19.0. The van der Waals surface area contributed by atoms with E-state index in [0.29, 0.717) is 12.5 Å². The highest BCUT2D eigenvalue weighted by Crippen LogP contribution is 2.31. The molecule has 166 valence electrons. The van der Waals surface area contributed by atoms with Crippen molar-refractivity contribution in [3.8, 4) is 0 Å². The fourth-order valence-electron chi connectivity index (χ4n) is 4.55. The van der Waals surface area contributed by atoms with E-state index in [0.717, 1.165) is 71.0 Å². The monoisotopic (exact) mass is 434 g/mol. The molecule has 0 aromatic carbocycles. The van der Waals surface area contributed by atoms with E-state index in [2.05, 4.69) is 44.4 Å². The topological polar surface area (TPSA) is 60.7 Å². The van der Waals surface area contributed by atoms with Gasteiger partial charge in [-0.15, -0.1) is 12.4 Å². The molecule has 2 aliphatic rings. The van der Waals surface area contributed by atoms with Crippen molar-refractivity contribution in [3.63, 3.8) is 0 Å². The van der Waals surface area contributed by atoms with Crippen LogP contribution in [0.15, 0.2) is 24.5 Å². The predicted molar refractivity (Wildman–Crippen MR) is 124 cm³/mol. The Morgan fingerprint density at radius 3 is 2.43 bits per heavy atom. The molecule has 4 rings (SSSR count). The summed E-state index contributed by atoms with van der Waals surface area (Å²) in [5.41, 5.74) is 3.88. The number of hydrogen-bond acceptors (Lipinski definition) is 6. The van der Waals surface area contributed by atoms with Crippen molar-refractivity contribution in [2.24, 2.45) is 5.92 Å². The molecule has 1 N–H and O–H groups in total. The van der Waals surface area contributed by atoms with Crippen LogP contribution in [-0.4, -0.2) is 70.6 Å². The zero-order chi connectivity index (χ0) is 20.2. The lowest BCUT2D eigenvalue weighted by Gasteiger charge is -2.39. The van der Waals surface area contributed by atoms with Crippen molar-refractivity contribution in [1.82, 2.24) is 19.7 Å². The molecule has 7 nitrogen and oxygen atoms in total. The van der Waals surface area contributed by atoms with Gasteiger partial charge in [0.05, 0.1) is 11.9 Å². The average molecular weight is 435 g/mol. The quantitative estimate of drug-likeness (QED) is 0.754. The van der Waals surface area contributed by atoms with Crippen LogP contribution >= 0.6 is 12.4 Å². The fraction of sp³-hybridized carbons (Fsp3) is 0.636.